The normalized spacial score (nSPS) is 10.9. The van der Waals surface area contributed by atoms with Crippen LogP contribution in [0.1, 0.15) is 15.9 Å². The van der Waals surface area contributed by atoms with E-state index in [1.54, 1.807) is 41.0 Å². The third kappa shape index (κ3) is 3.25. The molecule has 0 unspecified atom stereocenters. The van der Waals surface area contributed by atoms with Crippen LogP contribution in [-0.2, 0) is 4.79 Å². The summed E-state index contributed by atoms with van der Waals surface area (Å²) in [5, 5.41) is 6.63. The summed E-state index contributed by atoms with van der Waals surface area (Å²) in [6, 6.07) is 12.6. The van der Waals surface area contributed by atoms with Crippen molar-refractivity contribution < 1.29 is 9.59 Å². The first-order chi connectivity index (χ1) is 14.4. The second kappa shape index (κ2) is 7.53. The number of aromatic amines is 1. The Kier molecular flexibility index (Phi) is 4.89. The molecule has 2 amide bonds. The van der Waals surface area contributed by atoms with E-state index in [0.717, 1.165) is 16.7 Å². The highest BCUT2D eigenvalue weighted by molar-refractivity contribution is 6.30. The van der Waals surface area contributed by atoms with Gasteiger partial charge in [0, 0.05) is 16.1 Å². The molecule has 4 aromatic rings. The van der Waals surface area contributed by atoms with E-state index in [9.17, 15) is 9.59 Å². The van der Waals surface area contributed by atoms with E-state index >= 15 is 0 Å². The van der Waals surface area contributed by atoms with Gasteiger partial charge in [0.1, 0.15) is 5.56 Å². The van der Waals surface area contributed by atoms with Gasteiger partial charge in [-0.3, -0.25) is 14.7 Å². The number of fused-ring (bicyclic) bond motifs is 1. The third-order valence-corrected chi connectivity index (χ3v) is 5.06. The van der Waals surface area contributed by atoms with Gasteiger partial charge in [0.25, 0.3) is 5.91 Å². The van der Waals surface area contributed by atoms with Crippen LogP contribution in [0.2, 0.25) is 5.02 Å². The largest absolute Gasteiger partial charge is 0.365 e. The maximum absolute atomic E-state index is 12.3. The molecule has 0 fully saturated rings. The second-order valence-corrected chi connectivity index (χ2v) is 7.16. The first-order valence-electron chi connectivity index (χ1n) is 9.09. The number of nitrogens with one attached hydrogen (secondary N) is 2. The number of aromatic nitrogens is 3. The van der Waals surface area contributed by atoms with E-state index in [1.807, 2.05) is 19.1 Å². The van der Waals surface area contributed by atoms with Crippen molar-refractivity contribution in [2.45, 2.75) is 6.92 Å². The molecule has 0 aliphatic heterocycles. The van der Waals surface area contributed by atoms with Crippen LogP contribution < -0.4 is 11.1 Å². The van der Waals surface area contributed by atoms with Gasteiger partial charge in [-0.05, 0) is 36.8 Å². The molecule has 4 N–H and O–H groups in total. The number of hydrogen-bond donors (Lipinski definition) is 3. The van der Waals surface area contributed by atoms with Crippen molar-refractivity contribution in [2.75, 3.05) is 5.32 Å². The Balaban J connectivity index is 1.96. The molecular weight excluding hydrogens is 402 g/mol. The zero-order chi connectivity index (χ0) is 21.4. The molecule has 0 aliphatic rings. The van der Waals surface area contributed by atoms with Gasteiger partial charge in [-0.2, -0.15) is 0 Å². The molecule has 0 atom stereocenters. The maximum Gasteiger partial charge on any atom is 0.254 e. The Labute approximate surface area is 177 Å². The second-order valence-electron chi connectivity index (χ2n) is 6.73. The number of nitrogens with zero attached hydrogens (tertiary/aromatic N) is 2. The molecule has 2 heterocycles. The standard InChI is InChI=1S/C22H18ClN5O2/c1-3-17(29)26-15-6-4-5-12(2)18(15)16-11-25-22-19(21(24)30)20(27-28(16)22)13-7-9-14(23)10-8-13/h3-11,27H,1H2,2H3,(H2,24,30)(H,26,29). The topological polar surface area (TPSA) is 105 Å². The molecule has 150 valence electrons. The number of imidazole rings is 1. The zero-order valence-electron chi connectivity index (χ0n) is 16.1. The highest BCUT2D eigenvalue weighted by Crippen LogP contribution is 2.35. The first-order valence-corrected chi connectivity index (χ1v) is 9.47. The maximum atomic E-state index is 12.3. The molecule has 0 saturated heterocycles. The van der Waals surface area contributed by atoms with E-state index in [2.05, 4.69) is 22.0 Å². The summed E-state index contributed by atoms with van der Waals surface area (Å²) >= 11 is 5.99. The fourth-order valence-electron chi connectivity index (χ4n) is 3.45. The van der Waals surface area contributed by atoms with E-state index < -0.39 is 5.91 Å². The van der Waals surface area contributed by atoms with Crippen LogP contribution in [0.25, 0.3) is 28.2 Å². The molecule has 0 radical (unpaired) electrons. The first kappa shape index (κ1) is 19.5. The lowest BCUT2D eigenvalue weighted by atomic mass is 10.0. The van der Waals surface area contributed by atoms with E-state index in [4.69, 9.17) is 17.3 Å². The molecule has 0 aliphatic carbocycles. The van der Waals surface area contributed by atoms with E-state index in [0.29, 0.717) is 27.7 Å². The SMILES string of the molecule is C=CC(=O)Nc1cccc(C)c1-c1cnc2c(C(N)=O)c(-c3ccc(Cl)cc3)[nH]n12. The number of rotatable bonds is 5. The smallest absolute Gasteiger partial charge is 0.254 e. The van der Waals surface area contributed by atoms with Gasteiger partial charge in [-0.15, -0.1) is 0 Å². The van der Waals surface area contributed by atoms with Gasteiger partial charge < -0.3 is 11.1 Å². The van der Waals surface area contributed by atoms with Gasteiger partial charge in [-0.25, -0.2) is 9.50 Å². The summed E-state index contributed by atoms with van der Waals surface area (Å²) in [6.45, 7) is 5.43. The van der Waals surface area contributed by atoms with Crippen molar-refractivity contribution in [3.8, 4) is 22.5 Å². The summed E-state index contributed by atoms with van der Waals surface area (Å²) in [4.78, 5) is 28.6. The van der Waals surface area contributed by atoms with Crippen LogP contribution in [0.4, 0.5) is 5.69 Å². The number of benzene rings is 2. The molecule has 0 spiro atoms. The Morgan fingerprint density at radius 2 is 1.97 bits per heavy atom. The third-order valence-electron chi connectivity index (χ3n) is 4.81. The number of nitrogens with two attached hydrogens (primary N) is 1. The summed E-state index contributed by atoms with van der Waals surface area (Å²) < 4.78 is 1.69. The quantitative estimate of drug-likeness (QED) is 0.422. The lowest BCUT2D eigenvalue weighted by molar-refractivity contribution is -0.111. The van der Waals surface area contributed by atoms with Gasteiger partial charge in [0.15, 0.2) is 5.65 Å². The predicted molar refractivity (Wildman–Crippen MR) is 118 cm³/mol. The van der Waals surface area contributed by atoms with Gasteiger partial charge in [0.2, 0.25) is 5.91 Å². The number of aryl methyl sites for hydroxylation is 1. The number of carbonyl (C=O) groups excluding carboxylic acids is 2. The predicted octanol–water partition coefficient (Wildman–Crippen LogP) is 4.18. The Bertz CT molecular complexity index is 1300. The Morgan fingerprint density at radius 3 is 2.63 bits per heavy atom. The molecule has 0 bridgehead atoms. The fraction of sp³-hybridized carbons (Fsp3) is 0.0455. The molecule has 7 nitrogen and oxygen atoms in total. The monoisotopic (exact) mass is 419 g/mol. The van der Waals surface area contributed by atoms with Crippen molar-refractivity contribution in [3.05, 3.63) is 77.5 Å². The summed E-state index contributed by atoms with van der Waals surface area (Å²) in [5.74, 6) is -0.929. The van der Waals surface area contributed by atoms with Gasteiger partial charge >= 0.3 is 0 Å². The number of carbonyl (C=O) groups is 2. The highest BCUT2D eigenvalue weighted by Gasteiger charge is 2.23. The molecule has 0 saturated carbocycles. The molecule has 2 aromatic carbocycles. The van der Waals surface area contributed by atoms with Crippen LogP contribution in [0, 0.1) is 6.92 Å². The lowest BCUT2D eigenvalue weighted by Crippen LogP contribution is -2.11. The van der Waals surface area contributed by atoms with Crippen LogP contribution in [0.3, 0.4) is 0 Å². The molecule has 30 heavy (non-hydrogen) atoms. The van der Waals surface area contributed by atoms with Crippen molar-refractivity contribution in [1.82, 2.24) is 14.6 Å². The molecule has 8 heteroatoms. The highest BCUT2D eigenvalue weighted by atomic mass is 35.5. The minimum absolute atomic E-state index is 0.272. The van der Waals surface area contributed by atoms with Crippen LogP contribution in [0.15, 0.2) is 61.3 Å². The number of amides is 2. The molecule has 2 aromatic heterocycles. The van der Waals surface area contributed by atoms with Crippen LogP contribution >= 0.6 is 11.6 Å². The number of anilines is 1. The molecular formula is C22H18ClN5O2. The minimum atomic E-state index is -0.603. The average molecular weight is 420 g/mol. The van der Waals surface area contributed by atoms with Crippen molar-refractivity contribution >= 4 is 34.7 Å². The number of primary amides is 1. The van der Waals surface area contributed by atoms with Crippen LogP contribution in [-0.4, -0.2) is 26.4 Å². The minimum Gasteiger partial charge on any atom is -0.365 e. The van der Waals surface area contributed by atoms with Gasteiger partial charge in [-0.1, -0.05) is 42.4 Å². The lowest BCUT2D eigenvalue weighted by Gasteiger charge is -2.12. The van der Waals surface area contributed by atoms with Gasteiger partial charge in [0.05, 0.1) is 23.3 Å². The Morgan fingerprint density at radius 1 is 1.23 bits per heavy atom. The van der Waals surface area contributed by atoms with Crippen molar-refractivity contribution in [3.63, 3.8) is 0 Å². The average Bonchev–Trinajstić information content (AvgIpc) is 3.28. The zero-order valence-corrected chi connectivity index (χ0v) is 16.8. The fourth-order valence-corrected chi connectivity index (χ4v) is 3.58. The Hall–Kier alpha value is -3.84. The van der Waals surface area contributed by atoms with E-state index in [1.165, 1.54) is 6.08 Å². The number of halogens is 1. The van der Waals surface area contributed by atoms with E-state index in [-0.39, 0.29) is 11.5 Å². The summed E-state index contributed by atoms with van der Waals surface area (Å²) in [5.41, 5.74) is 10.6. The molecule has 4 rings (SSSR count). The van der Waals surface area contributed by atoms with Crippen molar-refractivity contribution in [2.24, 2.45) is 5.73 Å². The number of H-pyrrole nitrogens is 1. The number of hydrogen-bond acceptors (Lipinski definition) is 3. The van der Waals surface area contributed by atoms with Crippen molar-refractivity contribution in [1.29, 1.82) is 0 Å². The van der Waals surface area contributed by atoms with Crippen LogP contribution in [0.5, 0.6) is 0 Å². The summed E-state index contributed by atoms with van der Waals surface area (Å²) in [6.07, 6.45) is 2.84. The summed E-state index contributed by atoms with van der Waals surface area (Å²) in [7, 11) is 0.